The fourth-order valence-corrected chi connectivity index (χ4v) is 4.85. The number of rotatable bonds is 5. The zero-order chi connectivity index (χ0) is 12.5. The van der Waals surface area contributed by atoms with Crippen molar-refractivity contribution in [1.29, 1.82) is 0 Å². The molecule has 3 rings (SSSR count). The third-order valence-electron chi connectivity index (χ3n) is 5.53. The van der Waals surface area contributed by atoms with Crippen LogP contribution in [0.15, 0.2) is 0 Å². The molecule has 1 amide bonds. The lowest BCUT2D eigenvalue weighted by atomic mass is 9.79. The van der Waals surface area contributed by atoms with Gasteiger partial charge < -0.3 is 10.6 Å². The Morgan fingerprint density at radius 3 is 2.83 bits per heavy atom. The van der Waals surface area contributed by atoms with E-state index in [0.29, 0.717) is 12.6 Å². The highest BCUT2D eigenvalue weighted by atomic mass is 16.1. The van der Waals surface area contributed by atoms with Gasteiger partial charge in [-0.25, -0.2) is 0 Å². The quantitative estimate of drug-likeness (QED) is 0.783. The van der Waals surface area contributed by atoms with Crippen molar-refractivity contribution in [1.82, 2.24) is 10.6 Å². The molecule has 3 fully saturated rings. The van der Waals surface area contributed by atoms with Crippen LogP contribution in [0.2, 0.25) is 0 Å². The summed E-state index contributed by atoms with van der Waals surface area (Å²) in [6.45, 7) is 3.41. The molecule has 0 heterocycles. The highest BCUT2D eigenvalue weighted by Gasteiger charge is 2.53. The largest absolute Gasteiger partial charge is 0.355 e. The second-order valence-electron chi connectivity index (χ2n) is 6.49. The van der Waals surface area contributed by atoms with Crippen molar-refractivity contribution in [3.8, 4) is 0 Å². The van der Waals surface area contributed by atoms with Gasteiger partial charge in [0.05, 0.1) is 6.54 Å². The molecule has 18 heavy (non-hydrogen) atoms. The second-order valence-corrected chi connectivity index (χ2v) is 6.49. The topological polar surface area (TPSA) is 41.1 Å². The lowest BCUT2D eigenvalue weighted by molar-refractivity contribution is -0.120. The minimum absolute atomic E-state index is 0.169. The molecule has 0 spiro atoms. The summed E-state index contributed by atoms with van der Waals surface area (Å²) in [4.78, 5) is 11.6. The van der Waals surface area contributed by atoms with Crippen LogP contribution in [0.3, 0.4) is 0 Å². The van der Waals surface area contributed by atoms with E-state index < -0.39 is 0 Å². The molecular formula is C15H26N2O. The van der Waals surface area contributed by atoms with Gasteiger partial charge in [-0.1, -0.05) is 13.3 Å². The van der Waals surface area contributed by atoms with Crippen molar-refractivity contribution in [2.75, 3.05) is 13.1 Å². The first-order valence-corrected chi connectivity index (χ1v) is 7.79. The molecule has 102 valence electrons. The Morgan fingerprint density at radius 1 is 1.17 bits per heavy atom. The maximum atomic E-state index is 11.6. The minimum Gasteiger partial charge on any atom is -0.355 e. The van der Waals surface area contributed by atoms with E-state index in [0.717, 1.165) is 36.6 Å². The van der Waals surface area contributed by atoms with Crippen LogP contribution in [0.5, 0.6) is 0 Å². The normalized spacial score (nSPS) is 41.1. The van der Waals surface area contributed by atoms with Crippen molar-refractivity contribution in [3.05, 3.63) is 0 Å². The molecule has 3 aliphatic carbocycles. The molecule has 3 aliphatic rings. The van der Waals surface area contributed by atoms with Gasteiger partial charge in [0.2, 0.25) is 5.91 Å². The van der Waals surface area contributed by atoms with E-state index in [4.69, 9.17) is 0 Å². The summed E-state index contributed by atoms with van der Waals surface area (Å²) in [6, 6.07) is 0.627. The van der Waals surface area contributed by atoms with Gasteiger partial charge in [0.15, 0.2) is 0 Å². The molecule has 3 nitrogen and oxygen atoms in total. The highest BCUT2D eigenvalue weighted by Crippen LogP contribution is 2.58. The van der Waals surface area contributed by atoms with Crippen LogP contribution in [0.4, 0.5) is 0 Å². The van der Waals surface area contributed by atoms with E-state index in [1.807, 2.05) is 0 Å². The molecule has 5 unspecified atom stereocenters. The highest BCUT2D eigenvalue weighted by molar-refractivity contribution is 5.77. The Balaban J connectivity index is 1.46. The molecule has 0 saturated heterocycles. The fourth-order valence-electron chi connectivity index (χ4n) is 4.85. The summed E-state index contributed by atoms with van der Waals surface area (Å²) in [7, 11) is 0. The van der Waals surface area contributed by atoms with Crippen molar-refractivity contribution in [2.24, 2.45) is 23.7 Å². The third kappa shape index (κ3) is 2.18. The van der Waals surface area contributed by atoms with Crippen molar-refractivity contribution < 1.29 is 4.79 Å². The maximum absolute atomic E-state index is 11.6. The molecule has 0 aromatic rings. The minimum atomic E-state index is 0.169. The molecule has 0 aromatic heterocycles. The second kappa shape index (κ2) is 5.20. The Morgan fingerprint density at radius 2 is 2.00 bits per heavy atom. The summed E-state index contributed by atoms with van der Waals surface area (Å²) >= 11 is 0. The van der Waals surface area contributed by atoms with Gasteiger partial charge in [-0.3, -0.25) is 4.79 Å². The standard InChI is InChI=1S/C15H26N2O/c1-2-6-16-15(18)9-17-14-8-10-7-13(14)12-5-3-4-11(10)12/h10-14,17H,2-9H2,1H3,(H,16,18). The van der Waals surface area contributed by atoms with Crippen molar-refractivity contribution in [2.45, 2.75) is 51.5 Å². The van der Waals surface area contributed by atoms with Gasteiger partial charge in [0, 0.05) is 12.6 Å². The predicted molar refractivity (Wildman–Crippen MR) is 72.1 cm³/mol. The zero-order valence-electron chi connectivity index (χ0n) is 11.5. The first-order valence-electron chi connectivity index (χ1n) is 7.79. The number of hydrogen-bond donors (Lipinski definition) is 2. The maximum Gasteiger partial charge on any atom is 0.233 e. The van der Waals surface area contributed by atoms with Crippen LogP contribution in [0, 0.1) is 23.7 Å². The Bertz CT molecular complexity index is 318. The number of amides is 1. The summed E-state index contributed by atoms with van der Waals surface area (Å²) < 4.78 is 0. The first kappa shape index (κ1) is 12.5. The molecule has 3 saturated carbocycles. The van der Waals surface area contributed by atoms with Crippen LogP contribution < -0.4 is 10.6 Å². The summed E-state index contributed by atoms with van der Waals surface area (Å²) in [5, 5.41) is 6.47. The average molecular weight is 250 g/mol. The molecule has 5 atom stereocenters. The smallest absolute Gasteiger partial charge is 0.233 e. The lowest BCUT2D eigenvalue weighted by Crippen LogP contribution is -2.44. The predicted octanol–water partition coefficient (Wildman–Crippen LogP) is 1.93. The Labute approximate surface area is 110 Å². The zero-order valence-corrected chi connectivity index (χ0v) is 11.5. The van der Waals surface area contributed by atoms with Gasteiger partial charge in [0.1, 0.15) is 0 Å². The Kier molecular flexibility index (Phi) is 3.60. The van der Waals surface area contributed by atoms with Gasteiger partial charge >= 0.3 is 0 Å². The average Bonchev–Trinajstić information content (AvgIpc) is 3.04. The third-order valence-corrected chi connectivity index (χ3v) is 5.53. The summed E-state index contributed by atoms with van der Waals surface area (Å²) in [5.74, 6) is 4.05. The molecule has 0 radical (unpaired) electrons. The van der Waals surface area contributed by atoms with Crippen LogP contribution >= 0.6 is 0 Å². The van der Waals surface area contributed by atoms with E-state index in [2.05, 4.69) is 17.6 Å². The molecule has 2 bridgehead atoms. The molecule has 3 heteroatoms. The van der Waals surface area contributed by atoms with Crippen LogP contribution in [0.1, 0.15) is 45.4 Å². The summed E-state index contributed by atoms with van der Waals surface area (Å²) in [6.07, 6.45) is 8.16. The van der Waals surface area contributed by atoms with Gasteiger partial charge in [0.25, 0.3) is 0 Å². The molecule has 0 aromatic carbocycles. The van der Waals surface area contributed by atoms with Gasteiger partial charge in [-0.2, -0.15) is 0 Å². The van der Waals surface area contributed by atoms with E-state index >= 15 is 0 Å². The van der Waals surface area contributed by atoms with Crippen LogP contribution in [0.25, 0.3) is 0 Å². The number of carbonyl (C=O) groups excluding carboxylic acids is 1. The lowest BCUT2D eigenvalue weighted by Gasteiger charge is -2.32. The monoisotopic (exact) mass is 250 g/mol. The van der Waals surface area contributed by atoms with Crippen LogP contribution in [-0.2, 0) is 4.79 Å². The van der Waals surface area contributed by atoms with E-state index in [1.54, 1.807) is 0 Å². The fraction of sp³-hybridized carbons (Fsp3) is 0.933. The van der Waals surface area contributed by atoms with E-state index in [9.17, 15) is 4.79 Å². The van der Waals surface area contributed by atoms with E-state index in [1.165, 1.54) is 32.1 Å². The molecule has 2 N–H and O–H groups in total. The number of hydrogen-bond acceptors (Lipinski definition) is 2. The van der Waals surface area contributed by atoms with Crippen molar-refractivity contribution >= 4 is 5.91 Å². The van der Waals surface area contributed by atoms with E-state index in [-0.39, 0.29) is 5.91 Å². The molecular weight excluding hydrogens is 224 g/mol. The Hall–Kier alpha value is -0.570. The van der Waals surface area contributed by atoms with Crippen LogP contribution in [-0.4, -0.2) is 25.0 Å². The SMILES string of the molecule is CCCNC(=O)CNC1CC2CC1C1CCCC21. The van der Waals surface area contributed by atoms with Gasteiger partial charge in [-0.15, -0.1) is 0 Å². The summed E-state index contributed by atoms with van der Waals surface area (Å²) in [5.41, 5.74) is 0. The number of carbonyl (C=O) groups is 1. The number of nitrogens with one attached hydrogen (secondary N) is 2. The van der Waals surface area contributed by atoms with Crippen molar-refractivity contribution in [3.63, 3.8) is 0 Å². The first-order chi connectivity index (χ1) is 8.79. The van der Waals surface area contributed by atoms with Gasteiger partial charge in [-0.05, 0) is 55.8 Å². The number of fused-ring (bicyclic) bond motifs is 5. The molecule has 0 aliphatic heterocycles.